The first kappa shape index (κ1) is 15.2. The lowest BCUT2D eigenvalue weighted by Gasteiger charge is -2.23. The van der Waals surface area contributed by atoms with Gasteiger partial charge in [0.1, 0.15) is 0 Å². The molecule has 3 unspecified atom stereocenters. The molecule has 0 bridgehead atoms. The number of hydrogen-bond donors (Lipinski definition) is 1. The highest BCUT2D eigenvalue weighted by Crippen LogP contribution is 2.18. The summed E-state index contributed by atoms with van der Waals surface area (Å²) in [5, 5.41) is 3.09. The van der Waals surface area contributed by atoms with Crippen LogP contribution >= 0.6 is 0 Å². The van der Waals surface area contributed by atoms with Crippen LogP contribution < -0.4 is 5.32 Å². The van der Waals surface area contributed by atoms with E-state index in [1.54, 1.807) is 0 Å². The van der Waals surface area contributed by atoms with Gasteiger partial charge in [0, 0.05) is 10.9 Å². The molecular formula is C13H19F2NOS. The number of hydrogen-bond acceptors (Lipinski definition) is 2. The number of benzene rings is 1. The van der Waals surface area contributed by atoms with E-state index in [4.69, 9.17) is 0 Å². The summed E-state index contributed by atoms with van der Waals surface area (Å²) >= 11 is 0. The van der Waals surface area contributed by atoms with Gasteiger partial charge in [-0.25, -0.2) is 8.78 Å². The third-order valence-electron chi connectivity index (χ3n) is 2.93. The molecule has 0 fully saturated rings. The van der Waals surface area contributed by atoms with E-state index in [1.807, 2.05) is 20.8 Å². The summed E-state index contributed by atoms with van der Waals surface area (Å²) in [6, 6.07) is 3.51. The topological polar surface area (TPSA) is 29.1 Å². The second kappa shape index (κ2) is 6.95. The van der Waals surface area contributed by atoms with Crippen molar-refractivity contribution in [1.82, 2.24) is 5.32 Å². The van der Waals surface area contributed by atoms with Crippen LogP contribution in [0.15, 0.2) is 23.1 Å². The predicted octanol–water partition coefficient (Wildman–Crippen LogP) is 2.85. The van der Waals surface area contributed by atoms with Crippen LogP contribution in [0.4, 0.5) is 8.78 Å². The molecule has 2 nitrogen and oxygen atoms in total. The van der Waals surface area contributed by atoms with Gasteiger partial charge in [-0.3, -0.25) is 4.21 Å². The van der Waals surface area contributed by atoms with Gasteiger partial charge in [0.15, 0.2) is 11.6 Å². The van der Waals surface area contributed by atoms with Crippen molar-refractivity contribution in [3.63, 3.8) is 0 Å². The Kier molecular flexibility index (Phi) is 5.88. The second-order valence-corrected chi connectivity index (χ2v) is 5.96. The van der Waals surface area contributed by atoms with E-state index in [1.165, 1.54) is 6.07 Å². The minimum absolute atomic E-state index is 0.101. The number of nitrogens with one attached hydrogen (secondary N) is 1. The minimum atomic E-state index is -1.35. The largest absolute Gasteiger partial charge is 0.313 e. The summed E-state index contributed by atoms with van der Waals surface area (Å²) in [5.41, 5.74) is 0. The minimum Gasteiger partial charge on any atom is -0.313 e. The molecule has 1 N–H and O–H groups in total. The van der Waals surface area contributed by atoms with E-state index >= 15 is 0 Å². The molecule has 1 aromatic carbocycles. The molecule has 0 heterocycles. The average Bonchev–Trinajstić information content (AvgIpc) is 2.37. The first-order valence-corrected chi connectivity index (χ1v) is 7.31. The molecule has 3 atom stereocenters. The predicted molar refractivity (Wildman–Crippen MR) is 70.0 cm³/mol. The number of halogens is 2. The monoisotopic (exact) mass is 275 g/mol. The SMILES string of the molecule is CCNC(CC)C(C)S(=O)c1ccc(F)c(F)c1. The van der Waals surface area contributed by atoms with Crippen LogP contribution in [-0.2, 0) is 10.8 Å². The fraction of sp³-hybridized carbons (Fsp3) is 0.538. The van der Waals surface area contributed by atoms with Gasteiger partial charge in [-0.05, 0) is 38.1 Å². The fourth-order valence-electron chi connectivity index (χ4n) is 1.87. The Labute approximate surface area is 109 Å². The van der Waals surface area contributed by atoms with Gasteiger partial charge in [-0.2, -0.15) is 0 Å². The Morgan fingerprint density at radius 3 is 2.44 bits per heavy atom. The Bertz CT molecular complexity index is 425. The van der Waals surface area contributed by atoms with Crippen LogP contribution in [0.5, 0.6) is 0 Å². The Morgan fingerprint density at radius 1 is 1.28 bits per heavy atom. The van der Waals surface area contributed by atoms with Crippen molar-refractivity contribution in [2.75, 3.05) is 6.54 Å². The average molecular weight is 275 g/mol. The van der Waals surface area contributed by atoms with Crippen LogP contribution in [0.3, 0.4) is 0 Å². The molecule has 1 rings (SSSR count). The maximum Gasteiger partial charge on any atom is 0.160 e. The molecule has 0 amide bonds. The van der Waals surface area contributed by atoms with E-state index in [0.29, 0.717) is 4.90 Å². The van der Waals surface area contributed by atoms with Crippen molar-refractivity contribution in [3.8, 4) is 0 Å². The standard InChI is InChI=1S/C13H19F2NOS/c1-4-13(16-5-2)9(3)18(17)10-6-7-11(14)12(15)8-10/h6-9,13,16H,4-5H2,1-3H3. The smallest absolute Gasteiger partial charge is 0.160 e. The van der Waals surface area contributed by atoms with Crippen molar-refractivity contribution >= 4 is 10.8 Å². The van der Waals surface area contributed by atoms with E-state index < -0.39 is 22.4 Å². The summed E-state index contributed by atoms with van der Waals surface area (Å²) in [6.07, 6.45) is 0.838. The van der Waals surface area contributed by atoms with Gasteiger partial charge in [0.2, 0.25) is 0 Å². The van der Waals surface area contributed by atoms with Crippen molar-refractivity contribution in [3.05, 3.63) is 29.8 Å². The first-order chi connectivity index (χ1) is 8.51. The lowest BCUT2D eigenvalue weighted by atomic mass is 10.2. The second-order valence-electron chi connectivity index (χ2n) is 4.15. The van der Waals surface area contributed by atoms with Crippen LogP contribution in [-0.4, -0.2) is 22.0 Å². The molecule has 5 heteroatoms. The molecule has 1 aromatic rings. The van der Waals surface area contributed by atoms with E-state index in [2.05, 4.69) is 5.32 Å². The Hall–Kier alpha value is -0.810. The van der Waals surface area contributed by atoms with Gasteiger partial charge >= 0.3 is 0 Å². The van der Waals surface area contributed by atoms with Gasteiger partial charge in [0.25, 0.3) is 0 Å². The molecule has 0 radical (unpaired) electrons. The highest BCUT2D eigenvalue weighted by Gasteiger charge is 2.22. The van der Waals surface area contributed by atoms with Crippen molar-refractivity contribution in [2.24, 2.45) is 0 Å². The van der Waals surface area contributed by atoms with E-state index in [9.17, 15) is 13.0 Å². The highest BCUT2D eigenvalue weighted by molar-refractivity contribution is 7.85. The molecule has 102 valence electrons. The van der Waals surface area contributed by atoms with Gasteiger partial charge in [0.05, 0.1) is 16.0 Å². The highest BCUT2D eigenvalue weighted by atomic mass is 32.2. The molecule has 0 aliphatic rings. The summed E-state index contributed by atoms with van der Waals surface area (Å²) < 4.78 is 38.2. The zero-order valence-corrected chi connectivity index (χ0v) is 11.7. The van der Waals surface area contributed by atoms with Crippen LogP contribution in [0.2, 0.25) is 0 Å². The molecule has 0 aromatic heterocycles. The Morgan fingerprint density at radius 2 is 1.94 bits per heavy atom. The lowest BCUT2D eigenvalue weighted by Crippen LogP contribution is -2.40. The van der Waals surface area contributed by atoms with Gasteiger partial charge < -0.3 is 5.32 Å². The van der Waals surface area contributed by atoms with Crippen molar-refractivity contribution in [2.45, 2.75) is 43.4 Å². The zero-order chi connectivity index (χ0) is 13.7. The quantitative estimate of drug-likeness (QED) is 0.865. The Balaban J connectivity index is 2.88. The van der Waals surface area contributed by atoms with Crippen LogP contribution in [0.25, 0.3) is 0 Å². The molecule has 18 heavy (non-hydrogen) atoms. The normalized spacial score (nSPS) is 16.3. The van der Waals surface area contributed by atoms with Gasteiger partial charge in [-0.15, -0.1) is 0 Å². The van der Waals surface area contributed by atoms with Gasteiger partial charge in [-0.1, -0.05) is 13.8 Å². The molecular weight excluding hydrogens is 256 g/mol. The third kappa shape index (κ3) is 3.59. The van der Waals surface area contributed by atoms with Crippen molar-refractivity contribution in [1.29, 1.82) is 0 Å². The maximum atomic E-state index is 13.1. The molecule has 0 aliphatic carbocycles. The van der Waals surface area contributed by atoms with Crippen LogP contribution in [0, 0.1) is 11.6 Å². The fourth-order valence-corrected chi connectivity index (χ4v) is 3.31. The van der Waals surface area contributed by atoms with Crippen molar-refractivity contribution < 1.29 is 13.0 Å². The summed E-state index contributed by atoms with van der Waals surface area (Å²) in [6.45, 7) is 6.63. The first-order valence-electron chi connectivity index (χ1n) is 6.10. The van der Waals surface area contributed by atoms with Crippen LogP contribution in [0.1, 0.15) is 27.2 Å². The zero-order valence-electron chi connectivity index (χ0n) is 10.9. The number of rotatable bonds is 6. The molecule has 0 aliphatic heterocycles. The van der Waals surface area contributed by atoms with E-state index in [-0.39, 0.29) is 11.3 Å². The summed E-state index contributed by atoms with van der Waals surface area (Å²) in [4.78, 5) is 0.331. The van der Waals surface area contributed by atoms with E-state index in [0.717, 1.165) is 25.1 Å². The summed E-state index contributed by atoms with van der Waals surface area (Å²) in [7, 11) is -1.35. The lowest BCUT2D eigenvalue weighted by molar-refractivity contribution is 0.497. The summed E-state index contributed by atoms with van der Waals surface area (Å²) in [5.74, 6) is -1.87. The third-order valence-corrected chi connectivity index (χ3v) is 4.66. The molecule has 0 saturated heterocycles. The molecule has 0 saturated carbocycles. The maximum absolute atomic E-state index is 13.1. The molecule has 0 spiro atoms.